The number of rotatable bonds is 4. The van der Waals surface area contributed by atoms with E-state index in [1.54, 1.807) is 12.1 Å². The largest absolute Gasteiger partial charge is 0.421 e. The number of hydrogen-bond acceptors (Lipinski definition) is 5. The topological polar surface area (TPSA) is 82.3 Å². The van der Waals surface area contributed by atoms with Crippen LogP contribution >= 0.6 is 0 Å². The molecule has 0 fully saturated rings. The zero-order valence-electron chi connectivity index (χ0n) is 6.99. The van der Waals surface area contributed by atoms with Gasteiger partial charge in [-0.05, 0) is 12.1 Å². The molecule has 0 unspecified atom stereocenters. The number of nitro groups is 1. The molecule has 0 saturated carbocycles. The molecule has 1 aromatic heterocycles. The van der Waals surface area contributed by atoms with E-state index in [2.05, 4.69) is 9.72 Å². The molecule has 14 heavy (non-hydrogen) atoms. The van der Waals surface area contributed by atoms with E-state index in [-0.39, 0.29) is 12.2 Å². The van der Waals surface area contributed by atoms with Crippen molar-refractivity contribution in [2.24, 2.45) is 0 Å². The van der Waals surface area contributed by atoms with Crippen molar-refractivity contribution in [3.05, 3.63) is 46.4 Å². The highest BCUT2D eigenvalue weighted by Crippen LogP contribution is 2.12. The summed E-state index contributed by atoms with van der Waals surface area (Å²) in [5.41, 5.74) is 0.372. The Labute approximate surface area is 79.0 Å². The summed E-state index contributed by atoms with van der Waals surface area (Å²) >= 11 is 0. The molecule has 1 rings (SSSR count). The molecular weight excluding hydrogens is 188 g/mol. The van der Waals surface area contributed by atoms with Crippen LogP contribution in [-0.4, -0.2) is 16.4 Å². The molecule has 0 amide bonds. The third-order valence-corrected chi connectivity index (χ3v) is 1.34. The van der Waals surface area contributed by atoms with Crippen molar-refractivity contribution in [2.75, 3.05) is 0 Å². The monoisotopic (exact) mass is 194 g/mol. The van der Waals surface area contributed by atoms with E-state index in [0.717, 1.165) is 0 Å². The van der Waals surface area contributed by atoms with E-state index in [1.165, 1.54) is 12.4 Å². The second kappa shape index (κ2) is 4.70. The van der Waals surface area contributed by atoms with E-state index in [0.29, 0.717) is 11.8 Å². The molecule has 72 valence electrons. The van der Waals surface area contributed by atoms with Gasteiger partial charge in [0.2, 0.25) is 5.76 Å². The summed E-state index contributed by atoms with van der Waals surface area (Å²) in [4.78, 5) is 23.3. The summed E-state index contributed by atoms with van der Waals surface area (Å²) in [6, 6.07) is 3.13. The number of carbonyl (C=O) groups excluding carboxylic acids is 1. The predicted octanol–water partition coefficient (Wildman–Crippen LogP) is 0.830. The SMILES string of the molecule is O=CO/C(=C\[N+](=O)[O-])c1cccnc1. The van der Waals surface area contributed by atoms with Gasteiger partial charge in [0.05, 0.1) is 4.92 Å². The quantitative estimate of drug-likeness (QED) is 0.307. The molecule has 0 N–H and O–H groups in total. The average Bonchev–Trinajstić information content (AvgIpc) is 2.18. The molecule has 0 aliphatic rings. The normalized spacial score (nSPS) is 10.7. The third-order valence-electron chi connectivity index (χ3n) is 1.34. The Morgan fingerprint density at radius 1 is 1.64 bits per heavy atom. The average molecular weight is 194 g/mol. The Bertz CT molecular complexity index is 361. The van der Waals surface area contributed by atoms with Crippen LogP contribution in [0.25, 0.3) is 5.76 Å². The molecule has 0 saturated heterocycles. The molecule has 0 aliphatic carbocycles. The van der Waals surface area contributed by atoms with Gasteiger partial charge in [0, 0.05) is 18.0 Å². The first kappa shape index (κ1) is 9.85. The molecule has 0 spiro atoms. The molecule has 1 heterocycles. The van der Waals surface area contributed by atoms with Crippen LogP contribution in [0, 0.1) is 10.1 Å². The predicted molar refractivity (Wildman–Crippen MR) is 46.4 cm³/mol. The zero-order valence-corrected chi connectivity index (χ0v) is 6.99. The van der Waals surface area contributed by atoms with Crippen molar-refractivity contribution in [2.45, 2.75) is 0 Å². The second-order valence-corrected chi connectivity index (χ2v) is 2.23. The van der Waals surface area contributed by atoms with Crippen molar-refractivity contribution in [1.82, 2.24) is 4.98 Å². The fourth-order valence-corrected chi connectivity index (χ4v) is 0.829. The molecule has 0 bridgehead atoms. The lowest BCUT2D eigenvalue weighted by molar-refractivity contribution is -0.402. The Morgan fingerprint density at radius 3 is 2.93 bits per heavy atom. The van der Waals surface area contributed by atoms with Gasteiger partial charge in [-0.3, -0.25) is 19.9 Å². The molecule has 0 atom stereocenters. The van der Waals surface area contributed by atoms with Crippen molar-refractivity contribution in [3.63, 3.8) is 0 Å². The lowest BCUT2D eigenvalue weighted by Crippen LogP contribution is -1.95. The second-order valence-electron chi connectivity index (χ2n) is 2.23. The van der Waals surface area contributed by atoms with Gasteiger partial charge in [-0.2, -0.15) is 0 Å². The van der Waals surface area contributed by atoms with Gasteiger partial charge >= 0.3 is 0 Å². The minimum atomic E-state index is -0.703. The molecule has 1 aromatic rings. The van der Waals surface area contributed by atoms with Crippen LogP contribution in [-0.2, 0) is 9.53 Å². The minimum absolute atomic E-state index is 0.127. The Balaban J connectivity index is 3.00. The number of pyridine rings is 1. The van der Waals surface area contributed by atoms with Crippen LogP contribution < -0.4 is 0 Å². The van der Waals surface area contributed by atoms with Gasteiger partial charge in [-0.15, -0.1) is 0 Å². The number of carbonyl (C=O) groups is 1. The van der Waals surface area contributed by atoms with E-state index in [9.17, 15) is 14.9 Å². The first-order valence-corrected chi connectivity index (χ1v) is 3.60. The van der Waals surface area contributed by atoms with Gasteiger partial charge in [0.1, 0.15) is 0 Å². The van der Waals surface area contributed by atoms with Gasteiger partial charge in [-0.25, -0.2) is 0 Å². The standard InChI is InChI=1S/C8H6N2O4/c11-6-14-8(5-10(12)13)7-2-1-3-9-4-7/h1-6H/b8-5-. The maximum absolute atomic E-state index is 10.2. The van der Waals surface area contributed by atoms with Crippen molar-refractivity contribution >= 4 is 12.2 Å². The highest BCUT2D eigenvalue weighted by Gasteiger charge is 2.07. The highest BCUT2D eigenvalue weighted by atomic mass is 16.6. The van der Waals surface area contributed by atoms with Gasteiger partial charge in [0.25, 0.3) is 12.7 Å². The Hall–Kier alpha value is -2.24. The molecule has 6 nitrogen and oxygen atoms in total. The van der Waals surface area contributed by atoms with Crippen LogP contribution in [0.3, 0.4) is 0 Å². The molecule has 0 radical (unpaired) electrons. The summed E-state index contributed by atoms with van der Waals surface area (Å²) in [6.07, 6.45) is 3.47. The van der Waals surface area contributed by atoms with Crippen LogP contribution in [0.15, 0.2) is 30.7 Å². The first-order valence-electron chi connectivity index (χ1n) is 3.60. The highest BCUT2D eigenvalue weighted by molar-refractivity contribution is 5.64. The Morgan fingerprint density at radius 2 is 2.43 bits per heavy atom. The lowest BCUT2D eigenvalue weighted by atomic mass is 10.2. The maximum Gasteiger partial charge on any atom is 0.298 e. The molecule has 6 heteroatoms. The minimum Gasteiger partial charge on any atom is -0.421 e. The molecular formula is C8H6N2O4. The van der Waals surface area contributed by atoms with Crippen molar-refractivity contribution in [3.8, 4) is 0 Å². The summed E-state index contributed by atoms with van der Waals surface area (Å²) in [6.45, 7) is 0.127. The lowest BCUT2D eigenvalue weighted by Gasteiger charge is -1.99. The van der Waals surface area contributed by atoms with Gasteiger partial charge < -0.3 is 4.74 Å². The first-order chi connectivity index (χ1) is 6.74. The van der Waals surface area contributed by atoms with E-state index < -0.39 is 4.92 Å². The smallest absolute Gasteiger partial charge is 0.298 e. The number of ether oxygens (including phenoxy) is 1. The fourth-order valence-electron chi connectivity index (χ4n) is 0.829. The van der Waals surface area contributed by atoms with Gasteiger partial charge in [0.15, 0.2) is 0 Å². The zero-order chi connectivity index (χ0) is 10.4. The summed E-state index contributed by atoms with van der Waals surface area (Å²) in [5, 5.41) is 10.2. The van der Waals surface area contributed by atoms with E-state index >= 15 is 0 Å². The van der Waals surface area contributed by atoms with E-state index in [4.69, 9.17) is 0 Å². The van der Waals surface area contributed by atoms with Crippen LogP contribution in [0.4, 0.5) is 0 Å². The maximum atomic E-state index is 10.2. The van der Waals surface area contributed by atoms with Crippen LogP contribution in [0.1, 0.15) is 5.56 Å². The number of aromatic nitrogens is 1. The number of nitrogens with zero attached hydrogens (tertiary/aromatic N) is 2. The molecule has 0 aromatic carbocycles. The molecule has 0 aliphatic heterocycles. The summed E-state index contributed by atoms with van der Waals surface area (Å²) in [5.74, 6) is -0.141. The summed E-state index contributed by atoms with van der Waals surface area (Å²) in [7, 11) is 0. The van der Waals surface area contributed by atoms with Gasteiger partial charge in [-0.1, -0.05) is 0 Å². The Kier molecular flexibility index (Phi) is 3.31. The van der Waals surface area contributed by atoms with E-state index in [1.807, 2.05) is 0 Å². The number of hydrogen-bond donors (Lipinski definition) is 0. The van der Waals surface area contributed by atoms with Crippen LogP contribution in [0.5, 0.6) is 0 Å². The van der Waals surface area contributed by atoms with Crippen molar-refractivity contribution < 1.29 is 14.5 Å². The summed E-state index contributed by atoms with van der Waals surface area (Å²) < 4.78 is 4.44. The fraction of sp³-hybridized carbons (Fsp3) is 0. The van der Waals surface area contributed by atoms with Crippen LogP contribution in [0.2, 0.25) is 0 Å². The third kappa shape index (κ3) is 2.67. The van der Waals surface area contributed by atoms with Crippen molar-refractivity contribution in [1.29, 1.82) is 0 Å².